The number of fused-ring (bicyclic) bond motifs is 1. The van der Waals surface area contributed by atoms with Gasteiger partial charge in [-0.05, 0) is 6.07 Å². The molecule has 3 N–H and O–H groups in total. The molecular weight excluding hydrogens is 198 g/mol. The standard InChI is InChI=1S/C10H7NO4/c12-8-1-2-11-7-4-9(13)6(10(14)15)3-5(7)8/h1-4,13H,(H,11,12)(H,14,15). The molecule has 2 aromatic rings. The van der Waals surface area contributed by atoms with Crippen LogP contribution < -0.4 is 5.43 Å². The van der Waals surface area contributed by atoms with Crippen LogP contribution in [0, 0.1) is 0 Å². The van der Waals surface area contributed by atoms with Crippen LogP contribution in [0.3, 0.4) is 0 Å². The minimum Gasteiger partial charge on any atom is -0.507 e. The maximum Gasteiger partial charge on any atom is 0.339 e. The van der Waals surface area contributed by atoms with E-state index in [9.17, 15) is 14.7 Å². The van der Waals surface area contributed by atoms with Crippen molar-refractivity contribution in [3.63, 3.8) is 0 Å². The first-order valence-corrected chi connectivity index (χ1v) is 4.17. The molecule has 0 aliphatic rings. The van der Waals surface area contributed by atoms with Gasteiger partial charge in [-0.2, -0.15) is 0 Å². The third-order valence-electron chi connectivity index (χ3n) is 2.11. The fourth-order valence-corrected chi connectivity index (χ4v) is 1.38. The zero-order chi connectivity index (χ0) is 11.0. The molecule has 0 aliphatic heterocycles. The van der Waals surface area contributed by atoms with Gasteiger partial charge in [-0.3, -0.25) is 4.79 Å². The molecule has 0 radical (unpaired) electrons. The molecule has 1 aromatic heterocycles. The van der Waals surface area contributed by atoms with Gasteiger partial charge in [-0.15, -0.1) is 0 Å². The molecule has 0 fully saturated rings. The van der Waals surface area contributed by atoms with Crippen LogP contribution >= 0.6 is 0 Å². The van der Waals surface area contributed by atoms with Crippen molar-refractivity contribution in [3.05, 3.63) is 40.2 Å². The second-order valence-electron chi connectivity index (χ2n) is 3.06. The van der Waals surface area contributed by atoms with Crippen LogP contribution in [0.15, 0.2) is 29.2 Å². The van der Waals surface area contributed by atoms with Crippen molar-refractivity contribution >= 4 is 16.9 Å². The average Bonchev–Trinajstić information content (AvgIpc) is 2.16. The molecular formula is C10H7NO4. The first-order chi connectivity index (χ1) is 7.09. The van der Waals surface area contributed by atoms with Gasteiger partial charge in [0.25, 0.3) is 0 Å². The van der Waals surface area contributed by atoms with E-state index in [1.165, 1.54) is 18.3 Å². The van der Waals surface area contributed by atoms with Crippen molar-refractivity contribution in [1.82, 2.24) is 4.98 Å². The third-order valence-corrected chi connectivity index (χ3v) is 2.11. The highest BCUT2D eigenvalue weighted by Gasteiger charge is 2.11. The van der Waals surface area contributed by atoms with E-state index in [0.717, 1.165) is 6.07 Å². The highest BCUT2D eigenvalue weighted by atomic mass is 16.4. The SMILES string of the molecule is O=C(O)c1cc2c(=O)cc[nH]c2cc1O. The topological polar surface area (TPSA) is 90.4 Å². The minimum absolute atomic E-state index is 0.243. The number of benzene rings is 1. The van der Waals surface area contributed by atoms with Gasteiger partial charge in [0.1, 0.15) is 11.3 Å². The number of nitrogens with one attached hydrogen (secondary N) is 1. The maximum absolute atomic E-state index is 11.4. The summed E-state index contributed by atoms with van der Waals surface area (Å²) >= 11 is 0. The fourth-order valence-electron chi connectivity index (χ4n) is 1.38. The number of aromatic amines is 1. The Bertz CT molecular complexity index is 600. The lowest BCUT2D eigenvalue weighted by Crippen LogP contribution is -2.03. The summed E-state index contributed by atoms with van der Waals surface area (Å²) in [6, 6.07) is 3.68. The van der Waals surface area contributed by atoms with Crippen LogP contribution in [-0.4, -0.2) is 21.2 Å². The Morgan fingerprint density at radius 2 is 2.07 bits per heavy atom. The normalized spacial score (nSPS) is 10.4. The van der Waals surface area contributed by atoms with Gasteiger partial charge in [-0.1, -0.05) is 0 Å². The number of aromatic hydroxyl groups is 1. The molecule has 5 heteroatoms. The highest BCUT2D eigenvalue weighted by molar-refractivity contribution is 5.96. The van der Waals surface area contributed by atoms with Crippen LogP contribution in [0.5, 0.6) is 5.75 Å². The zero-order valence-corrected chi connectivity index (χ0v) is 7.52. The van der Waals surface area contributed by atoms with Crippen molar-refractivity contribution in [2.24, 2.45) is 0 Å². The number of carboxylic acids is 1. The van der Waals surface area contributed by atoms with Gasteiger partial charge in [-0.25, -0.2) is 4.79 Å². The van der Waals surface area contributed by atoms with E-state index in [2.05, 4.69) is 4.98 Å². The summed E-state index contributed by atoms with van der Waals surface area (Å²) in [7, 11) is 0. The van der Waals surface area contributed by atoms with E-state index in [1.54, 1.807) is 0 Å². The number of aromatic carboxylic acids is 1. The Morgan fingerprint density at radius 1 is 1.33 bits per heavy atom. The summed E-state index contributed by atoms with van der Waals surface area (Å²) in [5, 5.41) is 18.4. The Labute approximate surface area is 83.6 Å². The Hall–Kier alpha value is -2.30. The number of hydrogen-bond donors (Lipinski definition) is 3. The first-order valence-electron chi connectivity index (χ1n) is 4.17. The molecule has 0 saturated carbocycles. The van der Waals surface area contributed by atoms with Crippen molar-refractivity contribution in [2.45, 2.75) is 0 Å². The molecule has 1 heterocycles. The lowest BCUT2D eigenvalue weighted by Gasteiger charge is -2.01. The number of rotatable bonds is 1. The Balaban J connectivity index is 2.90. The largest absolute Gasteiger partial charge is 0.507 e. The fraction of sp³-hybridized carbons (Fsp3) is 0. The first kappa shape index (κ1) is 9.26. The minimum atomic E-state index is -1.27. The second kappa shape index (κ2) is 3.13. The molecule has 76 valence electrons. The van der Waals surface area contributed by atoms with E-state index >= 15 is 0 Å². The molecule has 0 bridgehead atoms. The number of carboxylic acid groups (broad SMARTS) is 1. The molecule has 0 spiro atoms. The maximum atomic E-state index is 11.4. The highest BCUT2D eigenvalue weighted by Crippen LogP contribution is 2.21. The predicted octanol–water partition coefficient (Wildman–Crippen LogP) is 0.932. The van der Waals surface area contributed by atoms with E-state index in [1.807, 2.05) is 0 Å². The summed E-state index contributed by atoms with van der Waals surface area (Å²) in [5.74, 6) is -1.63. The number of carbonyl (C=O) groups is 1. The smallest absolute Gasteiger partial charge is 0.339 e. The van der Waals surface area contributed by atoms with Crippen molar-refractivity contribution in [2.75, 3.05) is 0 Å². The van der Waals surface area contributed by atoms with Gasteiger partial charge < -0.3 is 15.2 Å². The molecule has 2 rings (SSSR count). The number of phenols is 1. The summed E-state index contributed by atoms with van der Waals surface area (Å²) in [4.78, 5) is 24.8. The van der Waals surface area contributed by atoms with Crippen LogP contribution in [0.4, 0.5) is 0 Å². The Kier molecular flexibility index (Phi) is 1.93. The number of hydrogen-bond acceptors (Lipinski definition) is 3. The van der Waals surface area contributed by atoms with Gasteiger partial charge >= 0.3 is 5.97 Å². The quantitative estimate of drug-likeness (QED) is 0.646. The van der Waals surface area contributed by atoms with Gasteiger partial charge in [0.05, 0.1) is 5.52 Å². The molecule has 1 aromatic carbocycles. The van der Waals surface area contributed by atoms with Crippen LogP contribution in [0.25, 0.3) is 10.9 Å². The number of aromatic nitrogens is 1. The van der Waals surface area contributed by atoms with E-state index in [4.69, 9.17) is 5.11 Å². The number of H-pyrrole nitrogens is 1. The van der Waals surface area contributed by atoms with Crippen molar-refractivity contribution in [3.8, 4) is 5.75 Å². The van der Waals surface area contributed by atoms with Gasteiger partial charge in [0.15, 0.2) is 5.43 Å². The van der Waals surface area contributed by atoms with Crippen LogP contribution in [0.2, 0.25) is 0 Å². The summed E-state index contributed by atoms with van der Waals surface area (Å²) < 4.78 is 0. The molecule has 0 atom stereocenters. The van der Waals surface area contributed by atoms with Crippen LogP contribution in [0.1, 0.15) is 10.4 Å². The van der Waals surface area contributed by atoms with E-state index < -0.39 is 5.97 Å². The molecule has 0 saturated heterocycles. The molecule has 0 aliphatic carbocycles. The van der Waals surface area contributed by atoms with Crippen molar-refractivity contribution < 1.29 is 15.0 Å². The molecule has 5 nitrogen and oxygen atoms in total. The van der Waals surface area contributed by atoms with Gasteiger partial charge in [0, 0.05) is 23.7 Å². The van der Waals surface area contributed by atoms with E-state index in [0.29, 0.717) is 5.52 Å². The van der Waals surface area contributed by atoms with Crippen molar-refractivity contribution in [1.29, 1.82) is 0 Å². The summed E-state index contributed by atoms with van der Waals surface area (Å²) in [5.41, 5.74) is -0.157. The number of pyridine rings is 1. The van der Waals surface area contributed by atoms with Gasteiger partial charge in [0.2, 0.25) is 0 Å². The summed E-state index contributed by atoms with van der Waals surface area (Å²) in [6.45, 7) is 0. The lowest BCUT2D eigenvalue weighted by molar-refractivity contribution is 0.0694. The monoisotopic (exact) mass is 205 g/mol. The molecule has 0 unspecified atom stereocenters. The molecule has 0 amide bonds. The summed E-state index contributed by atoms with van der Waals surface area (Å²) in [6.07, 6.45) is 1.44. The van der Waals surface area contributed by atoms with E-state index in [-0.39, 0.29) is 22.1 Å². The Morgan fingerprint density at radius 3 is 2.73 bits per heavy atom. The predicted molar refractivity (Wildman–Crippen MR) is 53.2 cm³/mol. The second-order valence-corrected chi connectivity index (χ2v) is 3.06. The average molecular weight is 205 g/mol. The lowest BCUT2D eigenvalue weighted by atomic mass is 10.1. The third kappa shape index (κ3) is 1.43. The van der Waals surface area contributed by atoms with Crippen LogP contribution in [-0.2, 0) is 0 Å². The molecule has 15 heavy (non-hydrogen) atoms. The zero-order valence-electron chi connectivity index (χ0n) is 7.52.